The van der Waals surface area contributed by atoms with Gasteiger partial charge in [-0.05, 0) is 56.4 Å². The lowest BCUT2D eigenvalue weighted by atomic mass is 9.69. The van der Waals surface area contributed by atoms with Crippen LogP contribution in [0.25, 0.3) is 5.78 Å². The van der Waals surface area contributed by atoms with Crippen LogP contribution in [0.5, 0.6) is 0 Å². The number of hydrogen-bond donors (Lipinski definition) is 1. The second kappa shape index (κ2) is 9.31. The van der Waals surface area contributed by atoms with Crippen LogP contribution in [0, 0.1) is 19.7 Å². The first-order valence-electron chi connectivity index (χ1n) is 11.4. The molecule has 1 saturated carbocycles. The Labute approximate surface area is 194 Å². The smallest absolute Gasteiger partial charge is 0.355 e. The molecule has 0 bridgehead atoms. The standard InChI is InChI=1S/C24H27F4N5O/c1-15-19(16(2)33-22(30-15)31-21(32-33)24(26,27)28)10-11-20(34)29-14-23(12-4-3-5-13-23)17-6-8-18(25)9-7-17/h6-9H,3-5,10-14H2,1-2H3,(H,29,34). The minimum absolute atomic E-state index is 0.117. The third-order valence-electron chi connectivity index (χ3n) is 6.80. The van der Waals surface area contributed by atoms with Gasteiger partial charge in [-0.3, -0.25) is 4.79 Å². The number of nitrogens with one attached hydrogen (secondary N) is 1. The summed E-state index contributed by atoms with van der Waals surface area (Å²) in [5, 5.41) is 6.59. The molecule has 0 radical (unpaired) electrons. The molecule has 10 heteroatoms. The fraction of sp³-hybridized carbons (Fsp3) is 0.500. The van der Waals surface area contributed by atoms with E-state index in [1.165, 1.54) is 12.1 Å². The van der Waals surface area contributed by atoms with E-state index in [9.17, 15) is 22.4 Å². The van der Waals surface area contributed by atoms with E-state index in [1.54, 1.807) is 26.0 Å². The highest BCUT2D eigenvalue weighted by Crippen LogP contribution is 2.39. The summed E-state index contributed by atoms with van der Waals surface area (Å²) in [7, 11) is 0. The van der Waals surface area contributed by atoms with Crippen molar-refractivity contribution in [2.75, 3.05) is 6.54 Å². The van der Waals surface area contributed by atoms with Gasteiger partial charge in [0.1, 0.15) is 5.82 Å². The molecule has 34 heavy (non-hydrogen) atoms. The van der Waals surface area contributed by atoms with Crippen molar-refractivity contribution in [1.82, 2.24) is 24.9 Å². The summed E-state index contributed by atoms with van der Waals surface area (Å²) in [6.45, 7) is 3.80. The summed E-state index contributed by atoms with van der Waals surface area (Å²) in [4.78, 5) is 20.4. The lowest BCUT2D eigenvalue weighted by Gasteiger charge is -2.38. The lowest BCUT2D eigenvalue weighted by Crippen LogP contribution is -2.42. The molecule has 0 atom stereocenters. The molecule has 1 aromatic carbocycles. The van der Waals surface area contributed by atoms with Gasteiger partial charge in [-0.2, -0.15) is 18.2 Å². The maximum Gasteiger partial charge on any atom is 0.453 e. The Bertz CT molecular complexity index is 1180. The molecule has 0 spiro atoms. The van der Waals surface area contributed by atoms with Crippen molar-refractivity contribution in [1.29, 1.82) is 0 Å². The van der Waals surface area contributed by atoms with Gasteiger partial charge in [0, 0.05) is 29.8 Å². The van der Waals surface area contributed by atoms with Crippen LogP contribution in [-0.4, -0.2) is 32.0 Å². The van der Waals surface area contributed by atoms with Gasteiger partial charge in [0.25, 0.3) is 11.6 Å². The molecule has 4 rings (SSSR count). The fourth-order valence-corrected chi connectivity index (χ4v) is 4.88. The summed E-state index contributed by atoms with van der Waals surface area (Å²) in [5.74, 6) is -1.80. The van der Waals surface area contributed by atoms with Crippen molar-refractivity contribution in [3.8, 4) is 0 Å². The zero-order valence-corrected chi connectivity index (χ0v) is 19.2. The first kappa shape index (κ1) is 24.1. The minimum Gasteiger partial charge on any atom is -0.355 e. The summed E-state index contributed by atoms with van der Waals surface area (Å²) >= 11 is 0. The highest BCUT2D eigenvalue weighted by Gasteiger charge is 2.37. The molecule has 1 aliphatic carbocycles. The minimum atomic E-state index is -4.66. The number of amides is 1. The average molecular weight is 478 g/mol. The monoisotopic (exact) mass is 477 g/mol. The number of rotatable bonds is 6. The number of nitrogens with zero attached hydrogens (tertiary/aromatic N) is 4. The number of halogens is 4. The number of carbonyl (C=O) groups is 1. The molecule has 182 valence electrons. The maximum absolute atomic E-state index is 13.4. The molecule has 6 nitrogen and oxygen atoms in total. The number of alkyl halides is 3. The van der Waals surface area contributed by atoms with Crippen LogP contribution in [0.2, 0.25) is 0 Å². The van der Waals surface area contributed by atoms with Crippen LogP contribution >= 0.6 is 0 Å². The molecule has 1 amide bonds. The first-order valence-corrected chi connectivity index (χ1v) is 11.4. The van der Waals surface area contributed by atoms with Gasteiger partial charge in [0.15, 0.2) is 0 Å². The zero-order valence-electron chi connectivity index (χ0n) is 19.2. The third-order valence-corrected chi connectivity index (χ3v) is 6.80. The van der Waals surface area contributed by atoms with Crippen LogP contribution in [-0.2, 0) is 22.8 Å². The van der Waals surface area contributed by atoms with Crippen LogP contribution < -0.4 is 5.32 Å². The van der Waals surface area contributed by atoms with Gasteiger partial charge in [0.2, 0.25) is 5.91 Å². The second-order valence-corrected chi connectivity index (χ2v) is 9.03. The topological polar surface area (TPSA) is 72.2 Å². The molecule has 0 unspecified atom stereocenters. The SMILES string of the molecule is Cc1nc2nc(C(F)(F)F)nn2c(C)c1CCC(=O)NCC1(c2ccc(F)cc2)CCCCC1. The molecular formula is C24H27F4N5O. The molecular weight excluding hydrogens is 450 g/mol. The molecule has 2 heterocycles. The number of carbonyl (C=O) groups excluding carboxylic acids is 1. The van der Waals surface area contributed by atoms with E-state index < -0.39 is 12.0 Å². The zero-order chi connectivity index (χ0) is 24.5. The fourth-order valence-electron chi connectivity index (χ4n) is 4.88. The Morgan fingerprint density at radius 2 is 1.76 bits per heavy atom. The molecule has 1 N–H and O–H groups in total. The van der Waals surface area contributed by atoms with Crippen molar-refractivity contribution in [3.63, 3.8) is 0 Å². The first-order chi connectivity index (χ1) is 16.1. The number of aromatic nitrogens is 4. The van der Waals surface area contributed by atoms with Gasteiger partial charge in [0.05, 0.1) is 0 Å². The molecule has 1 aliphatic rings. The molecule has 1 fully saturated rings. The van der Waals surface area contributed by atoms with Crippen LogP contribution in [0.15, 0.2) is 24.3 Å². The highest BCUT2D eigenvalue weighted by atomic mass is 19.4. The summed E-state index contributed by atoms with van der Waals surface area (Å²) in [5.41, 5.74) is 2.49. The van der Waals surface area contributed by atoms with Gasteiger partial charge in [-0.25, -0.2) is 13.9 Å². The Morgan fingerprint density at radius 3 is 2.41 bits per heavy atom. The van der Waals surface area contributed by atoms with Crippen molar-refractivity contribution < 1.29 is 22.4 Å². The second-order valence-electron chi connectivity index (χ2n) is 9.03. The Hall–Kier alpha value is -3.04. The molecule has 0 saturated heterocycles. The van der Waals surface area contributed by atoms with Crippen molar-refractivity contribution in [3.05, 3.63) is 58.4 Å². The van der Waals surface area contributed by atoms with Crippen molar-refractivity contribution >= 4 is 11.7 Å². The Kier molecular flexibility index (Phi) is 6.60. The van der Waals surface area contributed by atoms with Crippen LogP contribution in [0.3, 0.4) is 0 Å². The lowest BCUT2D eigenvalue weighted by molar-refractivity contribution is -0.144. The van der Waals surface area contributed by atoms with Gasteiger partial charge in [-0.15, -0.1) is 5.10 Å². The van der Waals surface area contributed by atoms with Gasteiger partial charge >= 0.3 is 6.18 Å². The largest absolute Gasteiger partial charge is 0.453 e. The Morgan fingerprint density at radius 1 is 1.09 bits per heavy atom. The predicted octanol–water partition coefficient (Wildman–Crippen LogP) is 4.85. The summed E-state index contributed by atoms with van der Waals surface area (Å²) in [6.07, 6.45) is 0.907. The van der Waals surface area contributed by atoms with Crippen LogP contribution in [0.4, 0.5) is 17.6 Å². The quantitative estimate of drug-likeness (QED) is 0.515. The van der Waals surface area contributed by atoms with E-state index in [1.807, 2.05) is 0 Å². The molecule has 3 aromatic rings. The normalized spacial score (nSPS) is 16.1. The van der Waals surface area contributed by atoms with Crippen LogP contribution in [0.1, 0.15) is 66.9 Å². The Balaban J connectivity index is 1.45. The highest BCUT2D eigenvalue weighted by molar-refractivity contribution is 5.76. The average Bonchev–Trinajstić information content (AvgIpc) is 3.23. The number of benzene rings is 1. The summed E-state index contributed by atoms with van der Waals surface area (Å²) in [6, 6.07) is 6.51. The molecule has 0 aliphatic heterocycles. The van der Waals surface area contributed by atoms with E-state index in [-0.39, 0.29) is 29.3 Å². The van der Waals surface area contributed by atoms with Crippen molar-refractivity contribution in [2.45, 2.75) is 70.4 Å². The number of fused-ring (bicyclic) bond motifs is 1. The van der Waals surface area contributed by atoms with E-state index in [4.69, 9.17) is 0 Å². The van der Waals surface area contributed by atoms with E-state index >= 15 is 0 Å². The van der Waals surface area contributed by atoms with E-state index in [2.05, 4.69) is 20.4 Å². The number of hydrogen-bond acceptors (Lipinski definition) is 4. The number of aryl methyl sites for hydroxylation is 2. The van der Waals surface area contributed by atoms with Crippen molar-refractivity contribution in [2.24, 2.45) is 0 Å². The maximum atomic E-state index is 13.4. The third kappa shape index (κ3) is 4.90. The molecule has 2 aromatic heterocycles. The van der Waals surface area contributed by atoms with Gasteiger partial charge in [-0.1, -0.05) is 31.4 Å². The van der Waals surface area contributed by atoms with E-state index in [0.717, 1.165) is 42.2 Å². The predicted molar refractivity (Wildman–Crippen MR) is 118 cm³/mol. The van der Waals surface area contributed by atoms with Gasteiger partial charge < -0.3 is 5.32 Å². The summed E-state index contributed by atoms with van der Waals surface area (Å²) < 4.78 is 53.5. The van der Waals surface area contributed by atoms with E-state index in [0.29, 0.717) is 29.9 Å².